The molecule has 0 bridgehead atoms. The van der Waals surface area contributed by atoms with Crippen molar-refractivity contribution in [1.82, 2.24) is 4.90 Å². The normalized spacial score (nSPS) is 26.0. The highest BCUT2D eigenvalue weighted by atomic mass is 32.2. The first-order valence-corrected chi connectivity index (χ1v) is 9.50. The summed E-state index contributed by atoms with van der Waals surface area (Å²) in [5.74, 6) is -0.0117. The number of thioether (sulfide) groups is 1. The summed E-state index contributed by atoms with van der Waals surface area (Å²) in [5, 5.41) is 2.31. The fourth-order valence-corrected chi connectivity index (χ4v) is 4.83. The molecule has 4 nitrogen and oxygen atoms in total. The number of carbonyl (C=O) groups is 1. The summed E-state index contributed by atoms with van der Waals surface area (Å²) in [6, 6.07) is 6.69. The van der Waals surface area contributed by atoms with Gasteiger partial charge in [-0.25, -0.2) is 4.39 Å². The summed E-state index contributed by atoms with van der Waals surface area (Å²) in [6.45, 7) is 8.47. The van der Waals surface area contributed by atoms with Crippen LogP contribution in [0.25, 0.3) is 0 Å². The molecule has 126 valence electrons. The fourth-order valence-electron chi connectivity index (χ4n) is 3.42. The fraction of sp³-hybridized carbons (Fsp3) is 0.588. The Bertz CT molecular complexity index is 550. The van der Waals surface area contributed by atoms with E-state index in [2.05, 4.69) is 5.32 Å². The van der Waals surface area contributed by atoms with Crippen molar-refractivity contribution in [2.45, 2.75) is 24.0 Å². The standard InChI is InChI=1S/C17H24FN3OS/c1-2-15-16(22)21(11-10-20-8-6-19-7-9-20)17(23-15)13-4-3-5-14(18)12-13/h3-5,12,15,17,19H,2,6-11H2,1H3/p+2/t15-,17-/m0/s1. The molecule has 0 spiro atoms. The third-order valence-corrected chi connectivity index (χ3v) is 6.40. The lowest BCUT2D eigenvalue weighted by atomic mass is 10.2. The van der Waals surface area contributed by atoms with Crippen molar-refractivity contribution >= 4 is 17.7 Å². The third kappa shape index (κ3) is 3.87. The van der Waals surface area contributed by atoms with E-state index in [1.165, 1.54) is 19.2 Å². The molecule has 1 aromatic carbocycles. The number of nitrogens with one attached hydrogen (secondary N) is 1. The summed E-state index contributed by atoms with van der Waals surface area (Å²) >= 11 is 1.67. The van der Waals surface area contributed by atoms with Gasteiger partial charge in [0.05, 0.1) is 18.3 Å². The van der Waals surface area contributed by atoms with E-state index in [0.29, 0.717) is 0 Å². The van der Waals surface area contributed by atoms with Gasteiger partial charge in [0, 0.05) is 0 Å². The molecule has 2 atom stereocenters. The molecule has 23 heavy (non-hydrogen) atoms. The summed E-state index contributed by atoms with van der Waals surface area (Å²) in [6.07, 6.45) is 0.831. The van der Waals surface area contributed by atoms with Gasteiger partial charge in [-0.15, -0.1) is 11.8 Å². The summed E-state index contributed by atoms with van der Waals surface area (Å²) in [5.41, 5.74) is 0.904. The van der Waals surface area contributed by atoms with Gasteiger partial charge in [0.2, 0.25) is 5.91 Å². The van der Waals surface area contributed by atoms with Crippen LogP contribution in [0, 0.1) is 5.82 Å². The molecule has 0 unspecified atom stereocenters. The Morgan fingerprint density at radius 3 is 2.87 bits per heavy atom. The number of nitrogens with zero attached hydrogens (tertiary/aromatic N) is 1. The van der Waals surface area contributed by atoms with Crippen LogP contribution < -0.4 is 10.2 Å². The minimum Gasteiger partial charge on any atom is -0.337 e. The van der Waals surface area contributed by atoms with Gasteiger partial charge in [-0.3, -0.25) is 4.79 Å². The number of carbonyl (C=O) groups excluding carboxylic acids is 1. The molecule has 2 aliphatic heterocycles. The average Bonchev–Trinajstić information content (AvgIpc) is 2.90. The Kier molecular flexibility index (Phi) is 5.56. The predicted octanol–water partition coefficient (Wildman–Crippen LogP) is -0.360. The van der Waals surface area contributed by atoms with E-state index in [0.717, 1.165) is 38.2 Å². The largest absolute Gasteiger partial charge is 0.337 e. The van der Waals surface area contributed by atoms with Gasteiger partial charge in [-0.1, -0.05) is 19.1 Å². The second-order valence-electron chi connectivity index (χ2n) is 6.34. The Morgan fingerprint density at radius 2 is 2.17 bits per heavy atom. The highest BCUT2D eigenvalue weighted by molar-refractivity contribution is 8.01. The molecule has 0 aromatic heterocycles. The van der Waals surface area contributed by atoms with Crippen molar-refractivity contribution in [2.75, 3.05) is 39.3 Å². The maximum Gasteiger partial charge on any atom is 0.237 e. The van der Waals surface area contributed by atoms with E-state index in [9.17, 15) is 9.18 Å². The number of hydrogen-bond donors (Lipinski definition) is 2. The molecule has 3 N–H and O–H groups in total. The molecule has 3 rings (SSSR count). The molecule has 1 amide bonds. The lowest BCUT2D eigenvalue weighted by Crippen LogP contribution is -3.20. The second-order valence-corrected chi connectivity index (χ2v) is 7.63. The van der Waals surface area contributed by atoms with Crippen LogP contribution in [0.4, 0.5) is 4.39 Å². The monoisotopic (exact) mass is 339 g/mol. The van der Waals surface area contributed by atoms with Crippen molar-refractivity contribution in [3.05, 3.63) is 35.6 Å². The number of quaternary nitrogens is 2. The average molecular weight is 339 g/mol. The van der Waals surface area contributed by atoms with Crippen LogP contribution in [-0.2, 0) is 4.79 Å². The van der Waals surface area contributed by atoms with Gasteiger partial charge in [0.25, 0.3) is 0 Å². The van der Waals surface area contributed by atoms with Crippen LogP contribution in [0.5, 0.6) is 0 Å². The van der Waals surface area contributed by atoms with Crippen LogP contribution in [0.15, 0.2) is 24.3 Å². The van der Waals surface area contributed by atoms with Gasteiger partial charge >= 0.3 is 0 Å². The van der Waals surface area contributed by atoms with Crippen molar-refractivity contribution in [3.63, 3.8) is 0 Å². The number of halogens is 1. The quantitative estimate of drug-likeness (QED) is 0.769. The predicted molar refractivity (Wildman–Crippen MR) is 89.7 cm³/mol. The van der Waals surface area contributed by atoms with Crippen LogP contribution in [0.1, 0.15) is 24.3 Å². The maximum atomic E-state index is 13.6. The van der Waals surface area contributed by atoms with Gasteiger partial charge in [0.1, 0.15) is 37.4 Å². The summed E-state index contributed by atoms with van der Waals surface area (Å²) in [7, 11) is 0. The number of piperazine rings is 1. The molecule has 0 radical (unpaired) electrons. The van der Waals surface area contributed by atoms with Gasteiger partial charge in [-0.05, 0) is 24.1 Å². The van der Waals surface area contributed by atoms with Crippen molar-refractivity contribution in [3.8, 4) is 0 Å². The molecule has 2 aliphatic rings. The van der Waals surface area contributed by atoms with Crippen molar-refractivity contribution < 1.29 is 19.4 Å². The van der Waals surface area contributed by atoms with Crippen LogP contribution in [0.3, 0.4) is 0 Å². The van der Waals surface area contributed by atoms with E-state index in [-0.39, 0.29) is 22.3 Å². The zero-order chi connectivity index (χ0) is 16.2. The molecule has 0 saturated carbocycles. The number of nitrogens with two attached hydrogens (primary N) is 1. The minimum atomic E-state index is -0.229. The van der Waals surface area contributed by atoms with Crippen molar-refractivity contribution in [2.24, 2.45) is 0 Å². The number of hydrogen-bond acceptors (Lipinski definition) is 2. The lowest BCUT2D eigenvalue weighted by molar-refractivity contribution is -0.946. The van der Waals surface area contributed by atoms with Gasteiger partial charge in [0.15, 0.2) is 0 Å². The topological polar surface area (TPSA) is 41.4 Å². The molecule has 2 fully saturated rings. The number of amides is 1. The Morgan fingerprint density at radius 1 is 1.39 bits per heavy atom. The number of benzene rings is 1. The maximum absolute atomic E-state index is 13.6. The van der Waals surface area contributed by atoms with Gasteiger partial charge in [-0.2, -0.15) is 0 Å². The zero-order valence-electron chi connectivity index (χ0n) is 13.6. The van der Waals surface area contributed by atoms with Gasteiger partial charge < -0.3 is 15.1 Å². The van der Waals surface area contributed by atoms with E-state index in [1.54, 1.807) is 28.8 Å². The van der Waals surface area contributed by atoms with E-state index in [4.69, 9.17) is 0 Å². The van der Waals surface area contributed by atoms with E-state index >= 15 is 0 Å². The van der Waals surface area contributed by atoms with Crippen LogP contribution in [0.2, 0.25) is 0 Å². The second kappa shape index (κ2) is 7.64. The molecule has 6 heteroatoms. The molecule has 1 aromatic rings. The van der Waals surface area contributed by atoms with Crippen molar-refractivity contribution in [1.29, 1.82) is 0 Å². The zero-order valence-corrected chi connectivity index (χ0v) is 14.4. The SMILES string of the molecule is CC[C@@H]1S[C@@H](c2cccc(F)c2)N(CC[NH+]2CC[NH2+]CC2)C1=O. The smallest absolute Gasteiger partial charge is 0.237 e. The van der Waals surface area contributed by atoms with Crippen LogP contribution >= 0.6 is 11.8 Å². The molecular weight excluding hydrogens is 313 g/mol. The van der Waals surface area contributed by atoms with E-state index < -0.39 is 0 Å². The highest BCUT2D eigenvalue weighted by Crippen LogP contribution is 2.43. The summed E-state index contributed by atoms with van der Waals surface area (Å²) < 4.78 is 13.6. The van der Waals surface area contributed by atoms with Crippen LogP contribution in [-0.4, -0.2) is 55.3 Å². The molecule has 2 heterocycles. The molecule has 0 aliphatic carbocycles. The number of rotatable bonds is 5. The first-order chi connectivity index (χ1) is 11.2. The Hall–Kier alpha value is -1.11. The highest BCUT2D eigenvalue weighted by Gasteiger charge is 2.40. The third-order valence-electron chi connectivity index (χ3n) is 4.75. The first kappa shape index (κ1) is 16.7. The molecule has 2 saturated heterocycles. The lowest BCUT2D eigenvalue weighted by Gasteiger charge is -2.28. The molecular formula is C17H26FN3OS+2. The first-order valence-electron chi connectivity index (χ1n) is 8.55. The Balaban J connectivity index is 1.71. The minimum absolute atomic E-state index is 0.00737. The van der Waals surface area contributed by atoms with E-state index in [1.807, 2.05) is 17.9 Å². The Labute approximate surface area is 141 Å². The summed E-state index contributed by atoms with van der Waals surface area (Å²) in [4.78, 5) is 16.2.